The first-order valence-corrected chi connectivity index (χ1v) is 6.32. The molecule has 0 radical (unpaired) electrons. The van der Waals surface area contributed by atoms with Crippen LogP contribution in [0.1, 0.15) is 0 Å². The second-order valence-electron chi connectivity index (χ2n) is 3.11. The molecule has 0 saturated carbocycles. The fraction of sp³-hybridized carbons (Fsp3) is 0.556. The smallest absolute Gasteiger partial charge is 0.269 e. The van der Waals surface area contributed by atoms with E-state index in [-0.39, 0.29) is 27.3 Å². The summed E-state index contributed by atoms with van der Waals surface area (Å²) in [6, 6.07) is 0. The van der Waals surface area contributed by atoms with Crippen molar-refractivity contribution in [2.45, 2.75) is 0 Å². The number of carbonyl (C=O) groups excluding carboxylic acids is 2. The molecule has 0 aromatic rings. The maximum absolute atomic E-state index is 11.5. The molecule has 0 aliphatic carbocycles. The first-order chi connectivity index (χ1) is 7.59. The molecule has 0 aromatic heterocycles. The second-order valence-corrected chi connectivity index (χ2v) is 4.69. The number of hydrogen-bond acceptors (Lipinski definition) is 4. The number of imide groups is 1. The van der Waals surface area contributed by atoms with Gasteiger partial charge in [-0.1, -0.05) is 0 Å². The van der Waals surface area contributed by atoms with Crippen molar-refractivity contribution in [2.75, 3.05) is 33.4 Å². The molecule has 1 N–H and O–H groups in total. The Bertz CT molecular complexity index is 307. The predicted octanol–water partition coefficient (Wildman–Crippen LogP) is 0.593. The SMILES string of the molecule is CNCCOCCN1C(=O)C(Br)=C(Br)C1=O. The molecule has 5 nitrogen and oxygen atoms in total. The summed E-state index contributed by atoms with van der Waals surface area (Å²) in [6.07, 6.45) is 0. The molecule has 16 heavy (non-hydrogen) atoms. The Kier molecular flexibility index (Phi) is 5.60. The Morgan fingerprint density at radius 1 is 1.19 bits per heavy atom. The Morgan fingerprint density at radius 2 is 1.75 bits per heavy atom. The summed E-state index contributed by atoms with van der Waals surface area (Å²) in [7, 11) is 1.83. The van der Waals surface area contributed by atoms with Crippen LogP contribution >= 0.6 is 31.9 Å². The Hall–Kier alpha value is -0.240. The lowest BCUT2D eigenvalue weighted by Crippen LogP contribution is -2.34. The molecule has 0 atom stereocenters. The molecule has 0 spiro atoms. The van der Waals surface area contributed by atoms with Crippen molar-refractivity contribution < 1.29 is 14.3 Å². The lowest BCUT2D eigenvalue weighted by atomic mass is 10.5. The van der Waals surface area contributed by atoms with Crippen molar-refractivity contribution in [2.24, 2.45) is 0 Å². The molecule has 0 bridgehead atoms. The van der Waals surface area contributed by atoms with Crippen LogP contribution in [0.25, 0.3) is 0 Å². The molecule has 1 aliphatic heterocycles. The summed E-state index contributed by atoms with van der Waals surface area (Å²) in [5, 5.41) is 2.93. The van der Waals surface area contributed by atoms with Gasteiger partial charge in [-0.15, -0.1) is 0 Å². The minimum Gasteiger partial charge on any atom is -0.378 e. The highest BCUT2D eigenvalue weighted by Gasteiger charge is 2.35. The van der Waals surface area contributed by atoms with Gasteiger partial charge in [0, 0.05) is 6.54 Å². The van der Waals surface area contributed by atoms with E-state index in [0.717, 1.165) is 11.4 Å². The third kappa shape index (κ3) is 3.13. The fourth-order valence-corrected chi connectivity index (χ4v) is 1.92. The van der Waals surface area contributed by atoms with Gasteiger partial charge in [-0.25, -0.2) is 0 Å². The van der Waals surface area contributed by atoms with Crippen molar-refractivity contribution in [3.8, 4) is 0 Å². The number of likely N-dealkylation sites (N-methyl/N-ethyl adjacent to an activating group) is 1. The van der Waals surface area contributed by atoms with Crippen molar-refractivity contribution in [3.63, 3.8) is 0 Å². The highest BCUT2D eigenvalue weighted by molar-refractivity contribution is 9.14. The molecule has 7 heteroatoms. The maximum atomic E-state index is 11.5. The zero-order valence-electron chi connectivity index (χ0n) is 8.76. The average molecular weight is 356 g/mol. The van der Waals surface area contributed by atoms with Crippen molar-refractivity contribution in [1.29, 1.82) is 0 Å². The van der Waals surface area contributed by atoms with Crippen molar-refractivity contribution in [1.82, 2.24) is 10.2 Å². The molecule has 0 unspecified atom stereocenters. The fourth-order valence-electron chi connectivity index (χ4n) is 1.15. The van der Waals surface area contributed by atoms with Crippen LogP contribution in [0.2, 0.25) is 0 Å². The van der Waals surface area contributed by atoms with Crippen LogP contribution in [0.5, 0.6) is 0 Å². The van der Waals surface area contributed by atoms with Gasteiger partial charge in [0.1, 0.15) is 8.96 Å². The van der Waals surface area contributed by atoms with E-state index in [1.807, 2.05) is 7.05 Å². The normalized spacial score (nSPS) is 16.6. The average Bonchev–Trinajstić information content (AvgIpc) is 2.46. The van der Waals surface area contributed by atoms with Crippen LogP contribution in [0.4, 0.5) is 0 Å². The van der Waals surface area contributed by atoms with E-state index >= 15 is 0 Å². The number of rotatable bonds is 6. The number of carbonyl (C=O) groups is 2. The molecule has 90 valence electrons. The number of amides is 2. The summed E-state index contributed by atoms with van der Waals surface area (Å²) in [5.74, 6) is -0.650. The van der Waals surface area contributed by atoms with E-state index in [1.165, 1.54) is 0 Å². The summed E-state index contributed by atoms with van der Waals surface area (Å²) < 4.78 is 5.79. The van der Waals surface area contributed by atoms with Crippen LogP contribution < -0.4 is 5.32 Å². The molecule has 0 saturated heterocycles. The van der Waals surface area contributed by atoms with Crippen LogP contribution in [-0.2, 0) is 14.3 Å². The Morgan fingerprint density at radius 3 is 2.25 bits per heavy atom. The maximum Gasteiger partial charge on any atom is 0.269 e. The van der Waals surface area contributed by atoms with Crippen LogP contribution in [0.15, 0.2) is 8.96 Å². The monoisotopic (exact) mass is 354 g/mol. The van der Waals surface area contributed by atoms with E-state index in [9.17, 15) is 9.59 Å². The minimum atomic E-state index is -0.325. The quantitative estimate of drug-likeness (QED) is 0.559. The summed E-state index contributed by atoms with van der Waals surface area (Å²) in [5.41, 5.74) is 0. The van der Waals surface area contributed by atoms with Gasteiger partial charge in [0.25, 0.3) is 11.8 Å². The lowest BCUT2D eigenvalue weighted by molar-refractivity contribution is -0.137. The van der Waals surface area contributed by atoms with E-state index in [4.69, 9.17) is 4.74 Å². The van der Waals surface area contributed by atoms with E-state index < -0.39 is 0 Å². The molecule has 1 heterocycles. The molecule has 1 rings (SSSR count). The molecular formula is C9H12Br2N2O3. The standard InChI is InChI=1S/C9H12Br2N2O3/c1-12-2-4-16-5-3-13-8(14)6(10)7(11)9(13)15/h12H,2-5H2,1H3. The van der Waals surface area contributed by atoms with Gasteiger partial charge in [-0.05, 0) is 38.9 Å². The van der Waals surface area contributed by atoms with Gasteiger partial charge >= 0.3 is 0 Å². The highest BCUT2D eigenvalue weighted by Crippen LogP contribution is 2.28. The molecule has 2 amide bonds. The van der Waals surface area contributed by atoms with E-state index in [0.29, 0.717) is 13.2 Å². The van der Waals surface area contributed by atoms with Gasteiger partial charge in [0.15, 0.2) is 0 Å². The zero-order chi connectivity index (χ0) is 12.1. The number of nitrogens with one attached hydrogen (secondary N) is 1. The molecule has 1 aliphatic rings. The molecular weight excluding hydrogens is 344 g/mol. The number of ether oxygens (including phenoxy) is 1. The van der Waals surface area contributed by atoms with Crippen LogP contribution in [0, 0.1) is 0 Å². The third-order valence-electron chi connectivity index (χ3n) is 2.01. The Balaban J connectivity index is 2.35. The first kappa shape index (κ1) is 13.8. The number of nitrogens with zero attached hydrogens (tertiary/aromatic N) is 1. The highest BCUT2D eigenvalue weighted by atomic mass is 79.9. The zero-order valence-corrected chi connectivity index (χ0v) is 11.9. The van der Waals surface area contributed by atoms with Gasteiger partial charge in [0.2, 0.25) is 0 Å². The topological polar surface area (TPSA) is 58.6 Å². The minimum absolute atomic E-state index is 0.269. The van der Waals surface area contributed by atoms with Crippen LogP contribution in [-0.4, -0.2) is 50.1 Å². The largest absolute Gasteiger partial charge is 0.378 e. The van der Waals surface area contributed by atoms with Crippen molar-refractivity contribution >= 4 is 43.7 Å². The second kappa shape index (κ2) is 6.48. The summed E-state index contributed by atoms with van der Waals surface area (Å²) in [6.45, 7) is 1.92. The third-order valence-corrected chi connectivity index (χ3v) is 4.02. The van der Waals surface area contributed by atoms with E-state index in [1.54, 1.807) is 0 Å². The summed E-state index contributed by atoms with van der Waals surface area (Å²) in [4.78, 5) is 24.2. The number of hydrogen-bond donors (Lipinski definition) is 1. The van der Waals surface area contributed by atoms with Gasteiger partial charge in [-0.2, -0.15) is 0 Å². The van der Waals surface area contributed by atoms with Gasteiger partial charge in [0.05, 0.1) is 19.8 Å². The molecule has 0 fully saturated rings. The Labute approximate surface area is 110 Å². The van der Waals surface area contributed by atoms with Gasteiger partial charge < -0.3 is 10.1 Å². The lowest BCUT2D eigenvalue weighted by Gasteiger charge is -2.14. The predicted molar refractivity (Wildman–Crippen MR) is 66.3 cm³/mol. The number of halogens is 2. The van der Waals surface area contributed by atoms with Gasteiger partial charge in [-0.3, -0.25) is 14.5 Å². The summed E-state index contributed by atoms with van der Waals surface area (Å²) >= 11 is 6.11. The van der Waals surface area contributed by atoms with E-state index in [2.05, 4.69) is 37.2 Å². The van der Waals surface area contributed by atoms with Crippen LogP contribution in [0.3, 0.4) is 0 Å². The first-order valence-electron chi connectivity index (χ1n) is 4.73. The molecule has 0 aromatic carbocycles. The van der Waals surface area contributed by atoms with Crippen molar-refractivity contribution in [3.05, 3.63) is 8.96 Å².